The van der Waals surface area contributed by atoms with E-state index in [4.69, 9.17) is 4.52 Å². The van der Waals surface area contributed by atoms with Crippen molar-refractivity contribution in [2.45, 2.75) is 52.4 Å². The second-order valence-corrected chi connectivity index (χ2v) is 11.8. The number of benzene rings is 1. The van der Waals surface area contributed by atoms with Crippen molar-refractivity contribution in [2.75, 3.05) is 18.4 Å². The molecular formula is C25H30N4O4S2. The molecule has 1 saturated heterocycles. The highest BCUT2D eigenvalue weighted by atomic mass is 32.2. The van der Waals surface area contributed by atoms with Gasteiger partial charge in [0.25, 0.3) is 0 Å². The van der Waals surface area contributed by atoms with Gasteiger partial charge in [0.2, 0.25) is 15.9 Å². The number of hydrogen-bond acceptors (Lipinski definition) is 7. The normalized spacial score (nSPS) is 17.2. The summed E-state index contributed by atoms with van der Waals surface area (Å²) in [7, 11) is -3.91. The Hall–Kier alpha value is -2.82. The van der Waals surface area contributed by atoms with E-state index in [9.17, 15) is 13.2 Å². The van der Waals surface area contributed by atoms with Crippen LogP contribution in [0.2, 0.25) is 0 Å². The Bertz CT molecular complexity index is 1370. The molecule has 2 aromatic heterocycles. The largest absolute Gasteiger partial charge is 0.355 e. The van der Waals surface area contributed by atoms with Crippen molar-refractivity contribution in [3.63, 3.8) is 0 Å². The molecule has 8 nitrogen and oxygen atoms in total. The number of hydrogen-bond donors (Lipinski definition) is 1. The summed E-state index contributed by atoms with van der Waals surface area (Å²) in [6.07, 6.45) is 4.73. The van der Waals surface area contributed by atoms with Gasteiger partial charge in [0.05, 0.1) is 11.6 Å². The van der Waals surface area contributed by atoms with Crippen molar-refractivity contribution in [1.82, 2.24) is 14.4 Å². The van der Waals surface area contributed by atoms with Gasteiger partial charge in [0, 0.05) is 18.5 Å². The monoisotopic (exact) mass is 514 g/mol. The highest BCUT2D eigenvalue weighted by Crippen LogP contribution is 2.30. The Labute approximate surface area is 210 Å². The summed E-state index contributed by atoms with van der Waals surface area (Å²) in [5.74, 6) is -0.488. The van der Waals surface area contributed by atoms with E-state index in [2.05, 4.69) is 27.6 Å². The van der Waals surface area contributed by atoms with E-state index in [1.54, 1.807) is 13.0 Å². The smallest absolute Gasteiger partial charge is 0.248 e. The zero-order valence-electron chi connectivity index (χ0n) is 20.6. The quantitative estimate of drug-likeness (QED) is 0.502. The number of nitrogens with zero attached hydrogens (tertiary/aromatic N) is 3. The van der Waals surface area contributed by atoms with Gasteiger partial charge in [-0.2, -0.15) is 4.31 Å². The highest BCUT2D eigenvalue weighted by Gasteiger charge is 2.37. The molecule has 3 aromatic rings. The second-order valence-electron chi connectivity index (χ2n) is 9.09. The maximum absolute atomic E-state index is 13.7. The Morgan fingerprint density at radius 3 is 2.54 bits per heavy atom. The first-order valence-corrected chi connectivity index (χ1v) is 13.8. The molecule has 1 fully saturated rings. The van der Waals surface area contributed by atoms with E-state index < -0.39 is 15.9 Å². The number of aromatic nitrogens is 2. The molecule has 1 amide bonds. The summed E-state index contributed by atoms with van der Waals surface area (Å²) in [6.45, 7) is 10.0. The Kier molecular flexibility index (Phi) is 7.25. The van der Waals surface area contributed by atoms with Crippen LogP contribution in [0.25, 0.3) is 12.2 Å². The molecule has 0 saturated carbocycles. The number of piperidine rings is 1. The number of carbonyl (C=O) groups is 1. The number of thiazole rings is 1. The molecule has 1 N–H and O–H groups in total. The van der Waals surface area contributed by atoms with Crippen molar-refractivity contribution in [2.24, 2.45) is 5.92 Å². The molecule has 0 bridgehead atoms. The molecule has 0 spiro atoms. The molecule has 10 heteroatoms. The first-order chi connectivity index (χ1) is 16.6. The number of nitrogens with one attached hydrogen (secondary N) is 1. The fourth-order valence-corrected chi connectivity index (χ4v) is 7.00. The first kappa shape index (κ1) is 25.3. The van der Waals surface area contributed by atoms with Crippen LogP contribution in [0.4, 0.5) is 5.13 Å². The van der Waals surface area contributed by atoms with Crippen molar-refractivity contribution in [1.29, 1.82) is 0 Å². The van der Waals surface area contributed by atoms with Crippen LogP contribution < -0.4 is 5.32 Å². The zero-order chi connectivity index (χ0) is 25.3. The van der Waals surface area contributed by atoms with Gasteiger partial charge >= 0.3 is 0 Å². The van der Waals surface area contributed by atoms with Crippen molar-refractivity contribution in [3.05, 3.63) is 56.9 Å². The van der Waals surface area contributed by atoms with Crippen molar-refractivity contribution in [3.8, 4) is 0 Å². The minimum atomic E-state index is -3.91. The van der Waals surface area contributed by atoms with Gasteiger partial charge in [-0.1, -0.05) is 28.9 Å². The molecule has 3 heterocycles. The van der Waals surface area contributed by atoms with Gasteiger partial charge in [-0.25, -0.2) is 13.4 Å². The molecule has 0 aliphatic carbocycles. The van der Waals surface area contributed by atoms with Gasteiger partial charge in [-0.05, 0) is 70.2 Å². The lowest BCUT2D eigenvalue weighted by atomic mass is 9.99. The molecule has 1 aliphatic heterocycles. The summed E-state index contributed by atoms with van der Waals surface area (Å²) in [5, 5.41) is 9.15. The Balaban J connectivity index is 1.57. The topological polar surface area (TPSA) is 105 Å². The zero-order valence-corrected chi connectivity index (χ0v) is 22.2. The van der Waals surface area contributed by atoms with Gasteiger partial charge in [0.1, 0.15) is 5.69 Å². The average Bonchev–Trinajstić information content (AvgIpc) is 3.38. The SMILES string of the molecule is Cc1cc(C)c(/C=C/c2onc(C)c2S(=O)(=O)N2CCC[C@@H](C(=O)Nc3nc(C)cs3)C2)c(C)c1. The summed E-state index contributed by atoms with van der Waals surface area (Å²) in [4.78, 5) is 17.1. The Morgan fingerprint density at radius 1 is 1.17 bits per heavy atom. The fourth-order valence-electron chi connectivity index (χ4n) is 4.53. The lowest BCUT2D eigenvalue weighted by Crippen LogP contribution is -2.43. The van der Waals surface area contributed by atoms with Gasteiger partial charge in [0.15, 0.2) is 15.8 Å². The number of rotatable bonds is 6. The maximum atomic E-state index is 13.7. The number of aryl methyl sites for hydroxylation is 5. The summed E-state index contributed by atoms with van der Waals surface area (Å²) < 4.78 is 34.1. The Morgan fingerprint density at radius 2 is 1.89 bits per heavy atom. The lowest BCUT2D eigenvalue weighted by molar-refractivity contribution is -0.120. The third-order valence-electron chi connectivity index (χ3n) is 6.17. The van der Waals surface area contributed by atoms with Crippen LogP contribution in [-0.2, 0) is 14.8 Å². The number of amides is 1. The predicted octanol–water partition coefficient (Wildman–Crippen LogP) is 4.88. The summed E-state index contributed by atoms with van der Waals surface area (Å²) in [5.41, 5.74) is 5.51. The van der Waals surface area contributed by atoms with Crippen LogP contribution in [0.15, 0.2) is 26.9 Å². The number of carbonyl (C=O) groups excluding carboxylic acids is 1. The van der Waals surface area contributed by atoms with Crippen LogP contribution in [0, 0.1) is 40.5 Å². The van der Waals surface area contributed by atoms with E-state index in [0.29, 0.717) is 30.2 Å². The molecule has 1 aliphatic rings. The van der Waals surface area contributed by atoms with Crippen molar-refractivity contribution >= 4 is 44.6 Å². The molecule has 1 aromatic carbocycles. The first-order valence-electron chi connectivity index (χ1n) is 11.5. The minimum Gasteiger partial charge on any atom is -0.355 e. The molecular weight excluding hydrogens is 484 g/mol. The van der Waals surface area contributed by atoms with Crippen LogP contribution in [0.1, 0.15) is 52.2 Å². The summed E-state index contributed by atoms with van der Waals surface area (Å²) >= 11 is 1.35. The second kappa shape index (κ2) is 10.0. The van der Waals surface area contributed by atoms with Crippen LogP contribution in [-0.4, -0.2) is 41.9 Å². The highest BCUT2D eigenvalue weighted by molar-refractivity contribution is 7.89. The van der Waals surface area contributed by atoms with Gasteiger partial charge in [-0.3, -0.25) is 4.79 Å². The lowest BCUT2D eigenvalue weighted by Gasteiger charge is -2.30. The minimum absolute atomic E-state index is 0.0489. The fraction of sp³-hybridized carbons (Fsp3) is 0.400. The van der Waals surface area contributed by atoms with Gasteiger partial charge in [-0.15, -0.1) is 11.3 Å². The van der Waals surface area contributed by atoms with Gasteiger partial charge < -0.3 is 9.84 Å². The average molecular weight is 515 g/mol. The van der Waals surface area contributed by atoms with Crippen LogP contribution >= 0.6 is 11.3 Å². The summed E-state index contributed by atoms with van der Waals surface area (Å²) in [6, 6.07) is 4.17. The van der Waals surface area contributed by atoms with Crippen LogP contribution in [0.5, 0.6) is 0 Å². The van der Waals surface area contributed by atoms with E-state index in [1.807, 2.05) is 39.2 Å². The maximum Gasteiger partial charge on any atom is 0.248 e. The third kappa shape index (κ3) is 5.39. The number of anilines is 1. The van der Waals surface area contributed by atoms with Crippen molar-refractivity contribution < 1.29 is 17.7 Å². The molecule has 1 atom stereocenters. The molecule has 0 radical (unpaired) electrons. The molecule has 186 valence electrons. The standard InChI is InChI=1S/C25H30N4O4S2/c1-15-11-16(2)21(17(3)12-15)8-9-22-23(19(5)28-33-22)35(31,32)29-10-6-7-20(13-29)24(30)27-25-26-18(4)14-34-25/h8-9,11-12,14,20H,6-7,10,13H2,1-5H3,(H,26,27,30)/b9-8+/t20-/m1/s1. The molecule has 35 heavy (non-hydrogen) atoms. The van der Waals surface area contributed by atoms with E-state index in [-0.39, 0.29) is 23.1 Å². The number of sulfonamides is 1. The van der Waals surface area contributed by atoms with Crippen LogP contribution in [0.3, 0.4) is 0 Å². The van der Waals surface area contributed by atoms with E-state index >= 15 is 0 Å². The van der Waals surface area contributed by atoms with E-state index in [0.717, 1.165) is 22.4 Å². The molecule has 0 unspecified atom stereocenters. The molecule has 4 rings (SSSR count). The van der Waals surface area contributed by atoms with E-state index in [1.165, 1.54) is 21.2 Å². The third-order valence-corrected chi connectivity index (χ3v) is 9.07. The predicted molar refractivity (Wildman–Crippen MR) is 138 cm³/mol.